The van der Waals surface area contributed by atoms with Gasteiger partial charge in [-0.1, -0.05) is 0 Å². The lowest BCUT2D eigenvalue weighted by Gasteiger charge is -2.36. The Morgan fingerprint density at radius 3 is 2.55 bits per heavy atom. The molecule has 4 heteroatoms. The van der Waals surface area contributed by atoms with Crippen LogP contribution in [-0.4, -0.2) is 29.8 Å². The predicted molar refractivity (Wildman–Crippen MR) is 35.6 cm³/mol. The van der Waals surface area contributed by atoms with Gasteiger partial charge in [-0.15, -0.1) is 0 Å². The van der Waals surface area contributed by atoms with E-state index in [9.17, 15) is 8.78 Å². The summed E-state index contributed by atoms with van der Waals surface area (Å²) in [6.07, 6.45) is -0.612. The topological polar surface area (TPSA) is 29.5 Å². The summed E-state index contributed by atoms with van der Waals surface area (Å²) < 4.78 is 30.4. The third kappa shape index (κ3) is 2.10. The molecule has 0 bridgehead atoms. The fraction of sp³-hybridized carbons (Fsp3) is 1.00. The summed E-state index contributed by atoms with van der Waals surface area (Å²) in [6.45, 7) is 1.19. The van der Waals surface area contributed by atoms with Crippen LogP contribution in [0.25, 0.3) is 0 Å². The monoisotopic (exact) mass is 166 g/mol. The highest BCUT2D eigenvalue weighted by Crippen LogP contribution is 2.35. The fourth-order valence-electron chi connectivity index (χ4n) is 1.23. The van der Waals surface area contributed by atoms with E-state index in [0.29, 0.717) is 0 Å². The molecule has 2 nitrogen and oxygen atoms in total. The van der Waals surface area contributed by atoms with E-state index in [1.807, 2.05) is 0 Å². The molecule has 1 aliphatic rings. The Morgan fingerprint density at radius 2 is 2.18 bits per heavy atom. The van der Waals surface area contributed by atoms with Crippen molar-refractivity contribution in [2.24, 2.45) is 0 Å². The van der Waals surface area contributed by atoms with Gasteiger partial charge in [-0.2, -0.15) is 0 Å². The van der Waals surface area contributed by atoms with Crippen molar-refractivity contribution in [2.45, 2.75) is 31.3 Å². The molecule has 66 valence electrons. The second-order valence-corrected chi connectivity index (χ2v) is 3.24. The molecule has 0 aliphatic carbocycles. The largest absolute Gasteiger partial charge is 0.393 e. The van der Waals surface area contributed by atoms with E-state index in [-0.39, 0.29) is 26.1 Å². The third-order valence-corrected chi connectivity index (χ3v) is 1.89. The van der Waals surface area contributed by atoms with E-state index in [1.54, 1.807) is 0 Å². The molecule has 1 N–H and O–H groups in total. The SMILES string of the molecule is C[C@@]1(CO)CC(F)(F)CCO1. The number of ether oxygens (including phenoxy) is 1. The maximum Gasteiger partial charge on any atom is 0.253 e. The molecule has 0 aromatic carbocycles. The van der Waals surface area contributed by atoms with Gasteiger partial charge in [-0.05, 0) is 6.92 Å². The summed E-state index contributed by atoms with van der Waals surface area (Å²) in [7, 11) is 0. The van der Waals surface area contributed by atoms with E-state index in [1.165, 1.54) is 6.92 Å². The summed E-state index contributed by atoms with van der Waals surface area (Å²) in [4.78, 5) is 0. The minimum Gasteiger partial charge on any atom is -0.393 e. The summed E-state index contributed by atoms with van der Waals surface area (Å²) in [5, 5.41) is 8.72. The Hall–Kier alpha value is -0.220. The van der Waals surface area contributed by atoms with Crippen molar-refractivity contribution in [3.63, 3.8) is 0 Å². The maximum absolute atomic E-state index is 12.7. The molecule has 1 heterocycles. The van der Waals surface area contributed by atoms with Crippen molar-refractivity contribution in [2.75, 3.05) is 13.2 Å². The van der Waals surface area contributed by atoms with Crippen molar-refractivity contribution >= 4 is 0 Å². The molecule has 0 unspecified atom stereocenters. The zero-order valence-corrected chi connectivity index (χ0v) is 6.44. The summed E-state index contributed by atoms with van der Waals surface area (Å²) in [5.74, 6) is -2.67. The normalized spacial score (nSPS) is 37.1. The lowest BCUT2D eigenvalue weighted by atomic mass is 9.94. The lowest BCUT2D eigenvalue weighted by molar-refractivity contribution is -0.184. The van der Waals surface area contributed by atoms with E-state index in [0.717, 1.165) is 0 Å². The molecule has 0 saturated carbocycles. The quantitative estimate of drug-likeness (QED) is 0.633. The van der Waals surface area contributed by atoms with Crippen LogP contribution in [0.1, 0.15) is 19.8 Å². The Kier molecular flexibility index (Phi) is 2.16. The first-order chi connectivity index (χ1) is 4.97. The van der Waals surface area contributed by atoms with Gasteiger partial charge in [0.25, 0.3) is 5.92 Å². The molecule has 0 amide bonds. The Balaban J connectivity index is 2.59. The number of hydrogen-bond donors (Lipinski definition) is 1. The number of hydrogen-bond acceptors (Lipinski definition) is 2. The second-order valence-electron chi connectivity index (χ2n) is 3.24. The van der Waals surface area contributed by atoms with Crippen molar-refractivity contribution in [3.8, 4) is 0 Å². The summed E-state index contributed by atoms with van der Waals surface area (Å²) >= 11 is 0. The Labute approximate surface area is 64.2 Å². The average Bonchev–Trinajstić information content (AvgIpc) is 1.85. The summed E-state index contributed by atoms with van der Waals surface area (Å²) in [6, 6.07) is 0. The molecule has 1 rings (SSSR count). The first-order valence-electron chi connectivity index (χ1n) is 3.60. The van der Waals surface area contributed by atoms with E-state index < -0.39 is 11.5 Å². The number of halogens is 2. The minimum atomic E-state index is -2.67. The Morgan fingerprint density at radius 1 is 1.55 bits per heavy atom. The van der Waals surface area contributed by atoms with Crippen molar-refractivity contribution in [1.82, 2.24) is 0 Å². The van der Waals surface area contributed by atoms with Crippen LogP contribution in [0.4, 0.5) is 8.78 Å². The molecular weight excluding hydrogens is 154 g/mol. The van der Waals surface area contributed by atoms with Crippen molar-refractivity contribution in [3.05, 3.63) is 0 Å². The third-order valence-electron chi connectivity index (χ3n) is 1.89. The van der Waals surface area contributed by atoms with Gasteiger partial charge in [0.15, 0.2) is 0 Å². The molecule has 0 aromatic heterocycles. The average molecular weight is 166 g/mol. The van der Waals surface area contributed by atoms with Crippen LogP contribution in [0.2, 0.25) is 0 Å². The first kappa shape index (κ1) is 8.87. The van der Waals surface area contributed by atoms with Crippen LogP contribution in [0, 0.1) is 0 Å². The van der Waals surface area contributed by atoms with Gasteiger partial charge in [-0.25, -0.2) is 8.78 Å². The number of alkyl halides is 2. The number of rotatable bonds is 1. The van der Waals surface area contributed by atoms with Crippen molar-refractivity contribution < 1.29 is 18.6 Å². The van der Waals surface area contributed by atoms with Crippen LogP contribution in [0.15, 0.2) is 0 Å². The van der Waals surface area contributed by atoms with Gasteiger partial charge in [0.2, 0.25) is 0 Å². The second kappa shape index (κ2) is 2.68. The van der Waals surface area contributed by atoms with E-state index in [4.69, 9.17) is 9.84 Å². The molecule has 0 aromatic rings. The van der Waals surface area contributed by atoms with Gasteiger partial charge in [0, 0.05) is 12.8 Å². The minimum absolute atomic E-state index is 0.0318. The van der Waals surface area contributed by atoms with Gasteiger partial charge in [0.1, 0.15) is 0 Å². The smallest absolute Gasteiger partial charge is 0.253 e. The van der Waals surface area contributed by atoms with E-state index in [2.05, 4.69) is 0 Å². The van der Waals surface area contributed by atoms with Crippen LogP contribution >= 0.6 is 0 Å². The summed E-state index contributed by atoms with van der Waals surface area (Å²) in [5.41, 5.74) is -1.04. The van der Waals surface area contributed by atoms with Crippen LogP contribution in [0.5, 0.6) is 0 Å². The van der Waals surface area contributed by atoms with Gasteiger partial charge in [-0.3, -0.25) is 0 Å². The molecule has 1 saturated heterocycles. The van der Waals surface area contributed by atoms with Crippen LogP contribution in [0.3, 0.4) is 0 Å². The zero-order valence-electron chi connectivity index (χ0n) is 6.44. The maximum atomic E-state index is 12.7. The highest BCUT2D eigenvalue weighted by molar-refractivity contribution is 4.86. The van der Waals surface area contributed by atoms with Gasteiger partial charge < -0.3 is 9.84 Å². The van der Waals surface area contributed by atoms with Gasteiger partial charge in [0.05, 0.1) is 18.8 Å². The zero-order chi connectivity index (χ0) is 8.54. The van der Waals surface area contributed by atoms with Gasteiger partial charge >= 0.3 is 0 Å². The molecule has 0 radical (unpaired) electrons. The van der Waals surface area contributed by atoms with Crippen molar-refractivity contribution in [1.29, 1.82) is 0 Å². The highest BCUT2D eigenvalue weighted by atomic mass is 19.3. The molecule has 1 atom stereocenters. The molecule has 1 aliphatic heterocycles. The predicted octanol–water partition coefficient (Wildman–Crippen LogP) is 1.18. The fourth-order valence-corrected chi connectivity index (χ4v) is 1.23. The molecule has 1 fully saturated rings. The number of aliphatic hydroxyl groups is 1. The first-order valence-corrected chi connectivity index (χ1v) is 3.60. The lowest BCUT2D eigenvalue weighted by Crippen LogP contribution is -2.45. The van der Waals surface area contributed by atoms with Crippen LogP contribution < -0.4 is 0 Å². The Bertz CT molecular complexity index is 149. The molecule has 0 spiro atoms. The van der Waals surface area contributed by atoms with E-state index >= 15 is 0 Å². The highest BCUT2D eigenvalue weighted by Gasteiger charge is 2.43. The standard InChI is InChI=1S/C7H12F2O2/c1-6(5-10)4-7(8,9)2-3-11-6/h10H,2-5H2,1H3/t6-/m0/s1. The molecule has 11 heavy (non-hydrogen) atoms. The number of aliphatic hydroxyl groups excluding tert-OH is 1. The van der Waals surface area contributed by atoms with Crippen LogP contribution in [-0.2, 0) is 4.74 Å². The molecular formula is C7H12F2O2.